The molecule has 0 amide bonds. The molecule has 0 fully saturated rings. The molecule has 0 aliphatic heterocycles. The van der Waals surface area contributed by atoms with Crippen LogP contribution in [0, 0.1) is 0 Å². The summed E-state index contributed by atoms with van der Waals surface area (Å²) < 4.78 is 11.7. The quantitative estimate of drug-likeness (QED) is 0.146. The first-order valence-electron chi connectivity index (χ1n) is 15.3. The van der Waals surface area contributed by atoms with Crippen molar-refractivity contribution in [1.82, 2.24) is 9.97 Å². The van der Waals surface area contributed by atoms with Crippen LogP contribution in [0.3, 0.4) is 0 Å². The molecular weight excluding hydrogens is 659 g/mol. The fourth-order valence-corrected chi connectivity index (χ4v) is 38.8. The van der Waals surface area contributed by atoms with E-state index in [2.05, 4.69) is 85.5 Å². The number of fused-ring (bicyclic) bond motifs is 2. The fraction of sp³-hybridized carbons (Fsp3) is 0.353. The molecule has 0 N–H and O–H groups in total. The van der Waals surface area contributed by atoms with Gasteiger partial charge in [-0.25, -0.2) is 0 Å². The van der Waals surface area contributed by atoms with E-state index < -0.39 is 21.5 Å². The van der Waals surface area contributed by atoms with Gasteiger partial charge in [0.1, 0.15) is 0 Å². The molecule has 2 aliphatic rings. The zero-order valence-electron chi connectivity index (χ0n) is 24.9. The van der Waals surface area contributed by atoms with Crippen molar-refractivity contribution in [3.05, 3.63) is 94.7 Å². The van der Waals surface area contributed by atoms with E-state index in [1.807, 2.05) is 0 Å². The van der Waals surface area contributed by atoms with Gasteiger partial charge in [0.25, 0.3) is 0 Å². The molecule has 4 aromatic rings. The second kappa shape index (κ2) is 11.8. The van der Waals surface area contributed by atoms with E-state index in [0.717, 1.165) is 49.7 Å². The van der Waals surface area contributed by atoms with Crippen molar-refractivity contribution in [3.8, 4) is 22.9 Å². The van der Waals surface area contributed by atoms with Gasteiger partial charge < -0.3 is 0 Å². The molecule has 2 aromatic carbocycles. The van der Waals surface area contributed by atoms with E-state index in [0.29, 0.717) is 11.8 Å². The molecule has 0 radical (unpaired) electrons. The Hall–Kier alpha value is -1.98. The minimum atomic E-state index is -4.86. The van der Waals surface area contributed by atoms with Gasteiger partial charge in [0.15, 0.2) is 0 Å². The number of aromatic nitrogens is 2. The third-order valence-electron chi connectivity index (χ3n) is 9.47. The number of hydrogen-bond acceptors (Lipinski definition) is 4. The molecule has 219 valence electrons. The van der Waals surface area contributed by atoms with E-state index in [9.17, 15) is 0 Å². The number of benzene rings is 2. The van der Waals surface area contributed by atoms with Crippen LogP contribution in [0.4, 0.5) is 0 Å². The molecule has 2 aromatic heterocycles. The monoisotopic (exact) mass is 695 g/mol. The first kappa shape index (κ1) is 30.1. The number of halogens is 2. The zero-order chi connectivity index (χ0) is 29.5. The Morgan fingerprint density at radius 3 is 1.55 bits per heavy atom. The van der Waals surface area contributed by atoms with Crippen LogP contribution in [0.1, 0.15) is 81.9 Å². The predicted octanol–water partition coefficient (Wildman–Crippen LogP) is 10.9. The summed E-state index contributed by atoms with van der Waals surface area (Å²) in [5, 5.41) is 0. The SMILES string of the molecule is CCCCC1=Cc2c(-c3ncco3)cccc2[CH]1[Zr]([Cl])([Cl])([CH]1C(CCCC)=Cc2c(-c3ncco3)cccc21)[SiH](C)C. The van der Waals surface area contributed by atoms with Crippen LogP contribution >= 0.6 is 17.0 Å². The van der Waals surface area contributed by atoms with Crippen LogP contribution in [0.5, 0.6) is 0 Å². The van der Waals surface area contributed by atoms with Gasteiger partial charge in [-0.3, -0.25) is 0 Å². The van der Waals surface area contributed by atoms with Crippen LogP contribution in [-0.4, -0.2) is 15.9 Å². The standard InChI is InChI=1S/2C16H16NO.C2H7Si.2ClH.Zr/c2*1-2-3-5-12-10-13-6-4-7-14(15(13)11-12)16-17-8-9-18-16;1-3-2;;;/h2*4,6-11H,2-3,5H2,1H3;3H,1-2H3;2*1H;/q;;;;;+2/p-2. The molecule has 0 saturated carbocycles. The molecule has 2 unspecified atom stereocenters. The molecule has 0 spiro atoms. The summed E-state index contributed by atoms with van der Waals surface area (Å²) in [7, 11) is 17.2. The summed E-state index contributed by atoms with van der Waals surface area (Å²) in [6, 6.07) is 13.0. The zero-order valence-corrected chi connectivity index (χ0v) is 30.0. The third-order valence-corrected chi connectivity index (χ3v) is 61.3. The average Bonchev–Trinajstić information content (AvgIpc) is 3.79. The molecular formula is C34H39Cl2N2O2SiZr. The summed E-state index contributed by atoms with van der Waals surface area (Å²) >= 11 is -4.86. The number of allylic oxidation sites excluding steroid dienone is 2. The third kappa shape index (κ3) is 4.82. The second-order valence-corrected chi connectivity index (χ2v) is 54.7. The Bertz CT molecular complexity index is 1530. The molecule has 0 saturated heterocycles. The molecule has 2 aliphatic carbocycles. The van der Waals surface area contributed by atoms with Gasteiger partial charge in [-0.05, 0) is 0 Å². The van der Waals surface area contributed by atoms with Gasteiger partial charge in [0.05, 0.1) is 0 Å². The molecule has 0 bridgehead atoms. The van der Waals surface area contributed by atoms with Crippen LogP contribution in [0.15, 0.2) is 81.3 Å². The summed E-state index contributed by atoms with van der Waals surface area (Å²) in [4.78, 5) is 9.04. The summed E-state index contributed by atoms with van der Waals surface area (Å²) in [5.41, 5.74) is 9.72. The summed E-state index contributed by atoms with van der Waals surface area (Å²) in [6.45, 7) is 9.32. The Labute approximate surface area is 258 Å². The van der Waals surface area contributed by atoms with Crippen LogP contribution < -0.4 is 0 Å². The van der Waals surface area contributed by atoms with E-state index in [4.69, 9.17) is 25.9 Å². The van der Waals surface area contributed by atoms with Gasteiger partial charge in [0, 0.05) is 0 Å². The first-order valence-corrected chi connectivity index (χ1v) is 31.6. The maximum absolute atomic E-state index is 8.58. The van der Waals surface area contributed by atoms with E-state index in [-0.39, 0.29) is 7.25 Å². The van der Waals surface area contributed by atoms with Crippen LogP contribution in [0.25, 0.3) is 35.1 Å². The summed E-state index contributed by atoms with van der Waals surface area (Å²) in [5.74, 6) is -0.371. The maximum atomic E-state index is 8.58. The fourth-order valence-electron chi connectivity index (χ4n) is 7.35. The Morgan fingerprint density at radius 1 is 0.738 bits per heavy atom. The number of hydrogen-bond donors (Lipinski definition) is 0. The van der Waals surface area contributed by atoms with Crippen molar-refractivity contribution >= 4 is 35.1 Å². The normalized spacial score (nSPS) is 18.9. The number of nitrogens with zero attached hydrogens (tertiary/aromatic N) is 2. The molecule has 4 nitrogen and oxygen atoms in total. The van der Waals surface area contributed by atoms with Gasteiger partial charge >= 0.3 is 260 Å². The summed E-state index contributed by atoms with van der Waals surface area (Å²) in [6.07, 6.45) is 17.9. The topological polar surface area (TPSA) is 52.1 Å². The molecule has 8 heteroatoms. The molecule has 42 heavy (non-hydrogen) atoms. The molecule has 2 heterocycles. The average molecular weight is 698 g/mol. The predicted molar refractivity (Wildman–Crippen MR) is 175 cm³/mol. The minimum absolute atomic E-state index is 0.0456. The van der Waals surface area contributed by atoms with Crippen molar-refractivity contribution in [2.24, 2.45) is 0 Å². The number of rotatable bonds is 11. The Kier molecular flexibility index (Phi) is 8.48. The Morgan fingerprint density at radius 2 is 1.19 bits per heavy atom. The molecule has 2 atom stereocenters. The van der Waals surface area contributed by atoms with Crippen molar-refractivity contribution in [1.29, 1.82) is 0 Å². The van der Waals surface area contributed by atoms with Crippen molar-refractivity contribution < 1.29 is 24.4 Å². The van der Waals surface area contributed by atoms with Crippen LogP contribution in [0.2, 0.25) is 13.1 Å². The van der Waals surface area contributed by atoms with Gasteiger partial charge in [-0.1, -0.05) is 0 Å². The second-order valence-electron chi connectivity index (χ2n) is 12.2. The van der Waals surface area contributed by atoms with Gasteiger partial charge in [-0.2, -0.15) is 0 Å². The first-order chi connectivity index (χ1) is 20.3. The number of oxazole rings is 2. The molecule has 6 rings (SSSR count). The van der Waals surface area contributed by atoms with Crippen molar-refractivity contribution in [2.45, 2.75) is 72.7 Å². The van der Waals surface area contributed by atoms with Gasteiger partial charge in [0.2, 0.25) is 0 Å². The van der Waals surface area contributed by atoms with Crippen molar-refractivity contribution in [2.75, 3.05) is 0 Å². The van der Waals surface area contributed by atoms with E-state index >= 15 is 0 Å². The number of unbranched alkanes of at least 4 members (excludes halogenated alkanes) is 2. The van der Waals surface area contributed by atoms with Crippen LogP contribution in [-0.2, 0) is 15.6 Å². The van der Waals surface area contributed by atoms with E-state index in [1.54, 1.807) is 24.9 Å². The Balaban J connectivity index is 1.59. The van der Waals surface area contributed by atoms with E-state index in [1.165, 1.54) is 33.4 Å². The van der Waals surface area contributed by atoms with Gasteiger partial charge in [-0.15, -0.1) is 0 Å². The van der Waals surface area contributed by atoms with Crippen molar-refractivity contribution in [3.63, 3.8) is 0 Å².